The van der Waals surface area contributed by atoms with E-state index in [9.17, 15) is 0 Å². The van der Waals surface area contributed by atoms with E-state index >= 15 is 0 Å². The van der Waals surface area contributed by atoms with Crippen LogP contribution in [-0.2, 0) is 4.74 Å². The third kappa shape index (κ3) is 2.58. The van der Waals surface area contributed by atoms with Crippen molar-refractivity contribution in [2.24, 2.45) is 5.73 Å². The molecular weight excluding hydrogens is 208 g/mol. The minimum Gasteiger partial charge on any atom is -0.376 e. The van der Waals surface area contributed by atoms with Crippen LogP contribution < -0.4 is 5.73 Å². The van der Waals surface area contributed by atoms with Gasteiger partial charge in [0.05, 0.1) is 12.7 Å². The molecule has 1 fully saturated rings. The summed E-state index contributed by atoms with van der Waals surface area (Å²) in [6, 6.07) is 2.53. The minimum absolute atomic E-state index is 0.325. The maximum absolute atomic E-state index is 5.86. The number of morpholine rings is 1. The Morgan fingerprint density at radius 1 is 1.73 bits per heavy atom. The molecular formula is C11H18N2OS. The summed E-state index contributed by atoms with van der Waals surface area (Å²) < 4.78 is 5.54. The standard InChI is InChI=1S/C11H18N2OS/c1-9-7-13(3-4-14-9)11(6-12)10-2-5-15-8-10/h2,5,8-9,11H,3-4,6-7,12H2,1H3. The van der Waals surface area contributed by atoms with Gasteiger partial charge in [-0.1, -0.05) is 0 Å². The van der Waals surface area contributed by atoms with Crippen molar-refractivity contribution >= 4 is 11.3 Å². The first kappa shape index (κ1) is 11.1. The van der Waals surface area contributed by atoms with Gasteiger partial charge in [-0.2, -0.15) is 11.3 Å². The maximum Gasteiger partial charge on any atom is 0.0674 e. The molecule has 1 aromatic heterocycles. The van der Waals surface area contributed by atoms with Crippen LogP contribution in [-0.4, -0.2) is 37.2 Å². The molecule has 2 unspecified atom stereocenters. The molecule has 4 heteroatoms. The molecule has 0 aromatic carbocycles. The fourth-order valence-corrected chi connectivity index (χ4v) is 2.80. The lowest BCUT2D eigenvalue weighted by atomic mass is 10.1. The molecule has 1 aliphatic rings. The van der Waals surface area contributed by atoms with E-state index in [1.807, 2.05) is 0 Å². The SMILES string of the molecule is CC1CN(C(CN)c2ccsc2)CCO1. The summed E-state index contributed by atoms with van der Waals surface area (Å²) in [6.07, 6.45) is 0.325. The van der Waals surface area contributed by atoms with Gasteiger partial charge >= 0.3 is 0 Å². The van der Waals surface area contributed by atoms with Gasteiger partial charge in [-0.3, -0.25) is 4.90 Å². The van der Waals surface area contributed by atoms with Gasteiger partial charge in [0.1, 0.15) is 0 Å². The molecule has 1 aliphatic heterocycles. The normalized spacial score (nSPS) is 25.3. The quantitative estimate of drug-likeness (QED) is 0.848. The zero-order valence-corrected chi connectivity index (χ0v) is 9.87. The van der Waals surface area contributed by atoms with E-state index < -0.39 is 0 Å². The van der Waals surface area contributed by atoms with Crippen molar-refractivity contribution < 1.29 is 4.74 Å². The van der Waals surface area contributed by atoms with Crippen molar-refractivity contribution in [3.05, 3.63) is 22.4 Å². The molecule has 1 aromatic rings. The molecule has 15 heavy (non-hydrogen) atoms. The van der Waals surface area contributed by atoms with E-state index in [4.69, 9.17) is 10.5 Å². The van der Waals surface area contributed by atoms with E-state index in [0.717, 1.165) is 19.7 Å². The van der Waals surface area contributed by atoms with Crippen LogP contribution >= 0.6 is 11.3 Å². The monoisotopic (exact) mass is 226 g/mol. The number of hydrogen-bond acceptors (Lipinski definition) is 4. The summed E-state index contributed by atoms with van der Waals surface area (Å²) in [7, 11) is 0. The smallest absolute Gasteiger partial charge is 0.0674 e. The first-order chi connectivity index (χ1) is 7.31. The summed E-state index contributed by atoms with van der Waals surface area (Å²) in [5.41, 5.74) is 7.21. The van der Waals surface area contributed by atoms with Crippen molar-refractivity contribution in [3.63, 3.8) is 0 Å². The Morgan fingerprint density at radius 2 is 2.60 bits per heavy atom. The lowest BCUT2D eigenvalue weighted by Crippen LogP contribution is -2.45. The highest BCUT2D eigenvalue weighted by Crippen LogP contribution is 2.23. The van der Waals surface area contributed by atoms with Gasteiger partial charge < -0.3 is 10.5 Å². The Morgan fingerprint density at radius 3 is 3.20 bits per heavy atom. The van der Waals surface area contributed by atoms with Crippen LogP contribution in [0.1, 0.15) is 18.5 Å². The summed E-state index contributed by atoms with van der Waals surface area (Å²) in [6.45, 7) is 5.60. The lowest BCUT2D eigenvalue weighted by molar-refractivity contribution is -0.0332. The van der Waals surface area contributed by atoms with Crippen molar-refractivity contribution in [2.45, 2.75) is 19.1 Å². The topological polar surface area (TPSA) is 38.5 Å². The molecule has 0 bridgehead atoms. The number of rotatable bonds is 3. The molecule has 2 heterocycles. The van der Waals surface area contributed by atoms with Crippen LogP contribution in [0.4, 0.5) is 0 Å². The molecule has 1 saturated heterocycles. The second-order valence-electron chi connectivity index (χ2n) is 3.98. The van der Waals surface area contributed by atoms with Crippen LogP contribution in [0.25, 0.3) is 0 Å². The van der Waals surface area contributed by atoms with Gasteiger partial charge in [0, 0.05) is 25.7 Å². The lowest BCUT2D eigenvalue weighted by Gasteiger charge is -2.36. The molecule has 2 atom stereocenters. The highest BCUT2D eigenvalue weighted by Gasteiger charge is 2.24. The number of ether oxygens (including phenoxy) is 1. The second kappa shape index (κ2) is 5.07. The predicted molar refractivity (Wildman–Crippen MR) is 63.1 cm³/mol. The van der Waals surface area contributed by atoms with E-state index in [-0.39, 0.29) is 0 Å². The molecule has 0 radical (unpaired) electrons. The van der Waals surface area contributed by atoms with Crippen molar-refractivity contribution in [1.29, 1.82) is 0 Å². The summed E-state index contributed by atoms with van der Waals surface area (Å²) in [5.74, 6) is 0. The molecule has 2 N–H and O–H groups in total. The zero-order chi connectivity index (χ0) is 10.7. The summed E-state index contributed by atoms with van der Waals surface area (Å²) in [5, 5.41) is 4.31. The van der Waals surface area contributed by atoms with E-state index in [1.165, 1.54) is 5.56 Å². The average molecular weight is 226 g/mol. The number of thiophene rings is 1. The van der Waals surface area contributed by atoms with Gasteiger partial charge in [0.2, 0.25) is 0 Å². The van der Waals surface area contributed by atoms with Crippen LogP contribution in [0.2, 0.25) is 0 Å². The first-order valence-electron chi connectivity index (χ1n) is 5.39. The Labute approximate surface area is 94.8 Å². The fourth-order valence-electron chi connectivity index (χ4n) is 2.09. The third-order valence-electron chi connectivity index (χ3n) is 2.86. The zero-order valence-electron chi connectivity index (χ0n) is 9.06. The maximum atomic E-state index is 5.86. The number of nitrogens with zero attached hydrogens (tertiary/aromatic N) is 1. The number of hydrogen-bond donors (Lipinski definition) is 1. The molecule has 0 aliphatic carbocycles. The van der Waals surface area contributed by atoms with E-state index in [1.54, 1.807) is 11.3 Å². The summed E-state index contributed by atoms with van der Waals surface area (Å²) >= 11 is 1.73. The molecule has 3 nitrogen and oxygen atoms in total. The third-order valence-corrected chi connectivity index (χ3v) is 3.57. The number of nitrogens with two attached hydrogens (primary N) is 1. The van der Waals surface area contributed by atoms with Crippen LogP contribution in [0.5, 0.6) is 0 Å². The van der Waals surface area contributed by atoms with Crippen LogP contribution in [0.3, 0.4) is 0 Å². The highest BCUT2D eigenvalue weighted by molar-refractivity contribution is 7.07. The Hall–Kier alpha value is -0.420. The van der Waals surface area contributed by atoms with Gasteiger partial charge in [-0.15, -0.1) is 0 Å². The van der Waals surface area contributed by atoms with Crippen molar-refractivity contribution in [1.82, 2.24) is 4.90 Å². The molecule has 0 spiro atoms. The van der Waals surface area contributed by atoms with E-state index in [2.05, 4.69) is 28.7 Å². The minimum atomic E-state index is 0.325. The van der Waals surface area contributed by atoms with Gasteiger partial charge in [-0.05, 0) is 29.3 Å². The van der Waals surface area contributed by atoms with Gasteiger partial charge in [-0.25, -0.2) is 0 Å². The van der Waals surface area contributed by atoms with Gasteiger partial charge in [0.15, 0.2) is 0 Å². The summed E-state index contributed by atoms with van der Waals surface area (Å²) in [4.78, 5) is 2.43. The first-order valence-corrected chi connectivity index (χ1v) is 6.33. The van der Waals surface area contributed by atoms with Crippen molar-refractivity contribution in [2.75, 3.05) is 26.2 Å². The molecule has 2 rings (SSSR count). The molecule has 0 saturated carbocycles. The molecule has 84 valence electrons. The largest absolute Gasteiger partial charge is 0.376 e. The predicted octanol–water partition coefficient (Wildman–Crippen LogP) is 1.47. The second-order valence-corrected chi connectivity index (χ2v) is 4.76. The Kier molecular flexibility index (Phi) is 3.75. The Balaban J connectivity index is 2.06. The highest BCUT2D eigenvalue weighted by atomic mass is 32.1. The fraction of sp³-hybridized carbons (Fsp3) is 0.636. The van der Waals surface area contributed by atoms with Crippen LogP contribution in [0.15, 0.2) is 16.8 Å². The van der Waals surface area contributed by atoms with E-state index in [0.29, 0.717) is 18.7 Å². The van der Waals surface area contributed by atoms with Crippen LogP contribution in [0, 0.1) is 0 Å². The van der Waals surface area contributed by atoms with Gasteiger partial charge in [0.25, 0.3) is 0 Å². The Bertz CT molecular complexity index is 289. The molecule has 0 amide bonds. The average Bonchev–Trinajstić information content (AvgIpc) is 2.72. The van der Waals surface area contributed by atoms with Crippen molar-refractivity contribution in [3.8, 4) is 0 Å².